The summed E-state index contributed by atoms with van der Waals surface area (Å²) in [5, 5.41) is 14.1. The summed E-state index contributed by atoms with van der Waals surface area (Å²) in [6.07, 6.45) is 4.36. The van der Waals surface area contributed by atoms with E-state index in [1.54, 1.807) is 77.6 Å². The van der Waals surface area contributed by atoms with Crippen LogP contribution >= 0.6 is 0 Å². The van der Waals surface area contributed by atoms with Gasteiger partial charge >= 0.3 is 12.2 Å². The van der Waals surface area contributed by atoms with Crippen molar-refractivity contribution in [2.45, 2.75) is 71.5 Å². The Morgan fingerprint density at radius 3 is 2.30 bits per heavy atom. The normalized spacial score (nSPS) is 14.4. The topological polar surface area (TPSA) is 156 Å². The maximum atomic E-state index is 13.6. The van der Waals surface area contributed by atoms with Crippen LogP contribution in [0.3, 0.4) is 0 Å². The number of unbranched alkanes of at least 4 members (excludes halogenated alkanes) is 1. The molecule has 1 atom stereocenters. The van der Waals surface area contributed by atoms with Gasteiger partial charge in [-0.2, -0.15) is 28.4 Å². The van der Waals surface area contributed by atoms with E-state index >= 15 is 0 Å². The first-order valence-electron chi connectivity index (χ1n) is 17.8. The lowest BCUT2D eigenvalue weighted by molar-refractivity contribution is -0.170. The molecule has 3 aromatic heterocycles. The van der Waals surface area contributed by atoms with E-state index in [1.807, 2.05) is 6.07 Å². The number of anilines is 1. The molecule has 1 unspecified atom stereocenters. The van der Waals surface area contributed by atoms with E-state index in [2.05, 4.69) is 20.5 Å². The van der Waals surface area contributed by atoms with Gasteiger partial charge in [-0.25, -0.2) is 14.5 Å². The first-order chi connectivity index (χ1) is 26.8. The molecular formula is C39H36F3N9O5. The standard InChI is InChI=1S/C39H36F3N9O5/c1-24(50(25(2)52)51-35(53)12-13-36(51)54)5-3-4-16-48-34-11-8-27(17-29(34)20-44-48)32-18-33(46-49(37(32)55)23-39(40,41)42)26-6-9-31(10-7-26)45-38(56)47-21-28-14-15-43-19-30(28)22-47/h6-15,17-20,24H,3-5,16,21-23H2,1-2H3,(H,45,56). The molecule has 5 heterocycles. The minimum atomic E-state index is -4.71. The number of rotatable bonds is 11. The minimum Gasteiger partial charge on any atom is -0.316 e. The van der Waals surface area contributed by atoms with Gasteiger partial charge in [0, 0.05) is 67.7 Å². The number of benzene rings is 2. The highest BCUT2D eigenvalue weighted by molar-refractivity contribution is 6.13. The van der Waals surface area contributed by atoms with E-state index in [9.17, 15) is 37.1 Å². The molecule has 7 rings (SSSR count). The fourth-order valence-corrected chi connectivity index (χ4v) is 6.97. The zero-order chi connectivity index (χ0) is 39.7. The van der Waals surface area contributed by atoms with Gasteiger partial charge in [-0.1, -0.05) is 18.2 Å². The van der Waals surface area contributed by atoms with Gasteiger partial charge in [0.1, 0.15) is 6.54 Å². The van der Waals surface area contributed by atoms with Crippen LogP contribution in [-0.4, -0.2) is 75.4 Å². The van der Waals surface area contributed by atoms with Crippen molar-refractivity contribution in [3.8, 4) is 22.4 Å². The molecule has 0 saturated heterocycles. The molecule has 288 valence electrons. The lowest BCUT2D eigenvalue weighted by atomic mass is 10.0. The molecule has 0 spiro atoms. The molecule has 56 heavy (non-hydrogen) atoms. The van der Waals surface area contributed by atoms with Crippen LogP contribution in [0.2, 0.25) is 0 Å². The third-order valence-corrected chi connectivity index (χ3v) is 9.69. The number of halogens is 3. The zero-order valence-electron chi connectivity index (χ0n) is 30.4. The van der Waals surface area contributed by atoms with Crippen molar-refractivity contribution in [1.82, 2.24) is 39.5 Å². The van der Waals surface area contributed by atoms with Gasteiger partial charge in [0.15, 0.2) is 0 Å². The van der Waals surface area contributed by atoms with Crippen molar-refractivity contribution in [3.63, 3.8) is 0 Å². The lowest BCUT2D eigenvalue weighted by Crippen LogP contribution is -2.53. The van der Waals surface area contributed by atoms with E-state index in [0.29, 0.717) is 65.8 Å². The Hall–Kier alpha value is -6.65. The van der Waals surface area contributed by atoms with Crippen molar-refractivity contribution in [1.29, 1.82) is 0 Å². The number of fused-ring (bicyclic) bond motifs is 2. The number of alkyl halides is 3. The fraction of sp³-hybridized carbons (Fsp3) is 0.282. The SMILES string of the molecule is CC(=O)N(C(C)CCCCn1ncc2cc(-c3cc(-c4ccc(NC(=O)N5Cc6ccncc6C5)cc4)nn(CC(F)(F)F)c3=O)ccc21)N1C(=O)C=CC1=O. The van der Waals surface area contributed by atoms with Crippen LogP contribution in [-0.2, 0) is 40.6 Å². The summed E-state index contributed by atoms with van der Waals surface area (Å²) >= 11 is 0. The van der Waals surface area contributed by atoms with E-state index in [-0.39, 0.29) is 17.3 Å². The third kappa shape index (κ3) is 7.92. The Kier molecular flexibility index (Phi) is 10.2. The van der Waals surface area contributed by atoms with Crippen molar-refractivity contribution >= 4 is 40.3 Å². The molecule has 14 nitrogen and oxygen atoms in total. The molecule has 17 heteroatoms. The van der Waals surface area contributed by atoms with Crippen molar-refractivity contribution in [2.75, 3.05) is 5.32 Å². The van der Waals surface area contributed by atoms with Gasteiger partial charge in [-0.3, -0.25) is 28.8 Å². The summed E-state index contributed by atoms with van der Waals surface area (Å²) in [6.45, 7) is 2.83. The van der Waals surface area contributed by atoms with Crippen LogP contribution in [0.5, 0.6) is 0 Å². The monoisotopic (exact) mass is 767 g/mol. The van der Waals surface area contributed by atoms with Gasteiger partial charge in [0.05, 0.1) is 29.0 Å². The molecule has 0 aliphatic carbocycles. The van der Waals surface area contributed by atoms with Crippen LogP contribution in [0.15, 0.2) is 90.1 Å². The van der Waals surface area contributed by atoms with Crippen molar-refractivity contribution in [2.24, 2.45) is 0 Å². The zero-order valence-corrected chi connectivity index (χ0v) is 30.4. The molecule has 1 N–H and O–H groups in total. The maximum Gasteiger partial charge on any atom is 0.408 e. The maximum absolute atomic E-state index is 13.6. The van der Waals surface area contributed by atoms with Crippen LogP contribution in [0.25, 0.3) is 33.3 Å². The molecule has 2 aromatic carbocycles. The van der Waals surface area contributed by atoms with Crippen LogP contribution < -0.4 is 10.9 Å². The van der Waals surface area contributed by atoms with Crippen LogP contribution in [0.4, 0.5) is 23.7 Å². The molecule has 2 aliphatic rings. The number of nitrogens with zero attached hydrogens (tertiary/aromatic N) is 8. The number of hydrazine groups is 1. The molecule has 0 bridgehead atoms. The minimum absolute atomic E-state index is 0.0172. The number of amides is 5. The number of hydrogen-bond donors (Lipinski definition) is 1. The highest BCUT2D eigenvalue weighted by atomic mass is 19.4. The molecule has 2 aliphatic heterocycles. The molecule has 0 fully saturated rings. The number of pyridine rings is 1. The molecule has 0 radical (unpaired) electrons. The Morgan fingerprint density at radius 1 is 0.893 bits per heavy atom. The highest BCUT2D eigenvalue weighted by Crippen LogP contribution is 2.28. The predicted molar refractivity (Wildman–Crippen MR) is 198 cm³/mol. The van der Waals surface area contributed by atoms with Crippen molar-refractivity contribution in [3.05, 3.63) is 107 Å². The summed E-state index contributed by atoms with van der Waals surface area (Å²) in [5.41, 5.74) is 3.25. The second-order valence-electron chi connectivity index (χ2n) is 13.7. The number of nitrogens with one attached hydrogen (secondary N) is 1. The van der Waals surface area contributed by atoms with Gasteiger partial charge in [0.2, 0.25) is 5.91 Å². The van der Waals surface area contributed by atoms with Gasteiger partial charge in [-0.15, -0.1) is 0 Å². The number of urea groups is 1. The highest BCUT2D eigenvalue weighted by Gasteiger charge is 2.34. The average molecular weight is 768 g/mol. The Labute approximate surface area is 317 Å². The number of carbonyl (C=O) groups is 4. The smallest absolute Gasteiger partial charge is 0.316 e. The average Bonchev–Trinajstić information content (AvgIpc) is 3.87. The van der Waals surface area contributed by atoms with E-state index in [0.717, 1.165) is 33.8 Å². The quantitative estimate of drug-likeness (QED) is 0.133. The third-order valence-electron chi connectivity index (χ3n) is 9.69. The number of imide groups is 1. The Balaban J connectivity index is 1.06. The van der Waals surface area contributed by atoms with Gasteiger partial charge < -0.3 is 10.2 Å². The number of aromatic nitrogens is 5. The Bertz CT molecular complexity index is 2400. The molecule has 5 amide bonds. The first-order valence-corrected chi connectivity index (χ1v) is 17.8. The molecule has 0 saturated carbocycles. The number of carbonyl (C=O) groups excluding carboxylic acids is 4. The summed E-state index contributed by atoms with van der Waals surface area (Å²) in [6, 6.07) is 14.1. The van der Waals surface area contributed by atoms with Crippen LogP contribution in [0.1, 0.15) is 44.2 Å². The predicted octanol–water partition coefficient (Wildman–Crippen LogP) is 5.68. The lowest BCUT2D eigenvalue weighted by Gasteiger charge is -2.34. The van der Waals surface area contributed by atoms with E-state index < -0.39 is 42.0 Å². The largest absolute Gasteiger partial charge is 0.408 e. The second-order valence-corrected chi connectivity index (χ2v) is 13.7. The Morgan fingerprint density at radius 2 is 1.61 bits per heavy atom. The summed E-state index contributed by atoms with van der Waals surface area (Å²) < 4.78 is 43.1. The fourth-order valence-electron chi connectivity index (χ4n) is 6.97. The summed E-state index contributed by atoms with van der Waals surface area (Å²) in [7, 11) is 0. The van der Waals surface area contributed by atoms with Gasteiger partial charge in [-0.05, 0) is 79.3 Å². The second kappa shape index (κ2) is 15.2. The van der Waals surface area contributed by atoms with E-state index in [1.165, 1.54) is 18.0 Å². The van der Waals surface area contributed by atoms with Crippen molar-refractivity contribution < 1.29 is 32.3 Å². The van der Waals surface area contributed by atoms with Crippen LogP contribution in [0, 0.1) is 0 Å². The number of hydrogen-bond acceptors (Lipinski definition) is 8. The first kappa shape index (κ1) is 37.7. The molecule has 5 aromatic rings. The van der Waals surface area contributed by atoms with E-state index in [4.69, 9.17) is 0 Å². The molecular weight excluding hydrogens is 731 g/mol. The number of aryl methyl sites for hydroxylation is 1. The van der Waals surface area contributed by atoms with Gasteiger partial charge in [0.25, 0.3) is 17.4 Å². The summed E-state index contributed by atoms with van der Waals surface area (Å²) in [5.74, 6) is -1.56. The summed E-state index contributed by atoms with van der Waals surface area (Å²) in [4.78, 5) is 68.8.